The van der Waals surface area contributed by atoms with Gasteiger partial charge >= 0.3 is 5.97 Å². The Hall–Kier alpha value is -1.34. The summed E-state index contributed by atoms with van der Waals surface area (Å²) in [6.07, 6.45) is 0. The summed E-state index contributed by atoms with van der Waals surface area (Å²) >= 11 is 13.6. The number of halogens is 2. The largest absolute Gasteiger partial charge is 0.462 e. The summed E-state index contributed by atoms with van der Waals surface area (Å²) in [7, 11) is 0. The minimum absolute atomic E-state index is 0.315. The number of nitrogens with one attached hydrogen (secondary N) is 1. The van der Waals surface area contributed by atoms with Crippen LogP contribution in [0.4, 0.5) is 5.13 Å². The molecule has 128 valence electrons. The van der Waals surface area contributed by atoms with Crippen molar-refractivity contribution in [1.29, 1.82) is 0 Å². The fraction of sp³-hybridized carbons (Fsp3) is 0.375. The Morgan fingerprint density at radius 2 is 1.96 bits per heavy atom. The zero-order valence-corrected chi connectivity index (χ0v) is 15.5. The van der Waals surface area contributed by atoms with Gasteiger partial charge in [0.05, 0.1) is 12.3 Å². The number of benzene rings is 1. The van der Waals surface area contributed by atoms with Gasteiger partial charge in [-0.2, -0.15) is 0 Å². The fourth-order valence-electron chi connectivity index (χ4n) is 2.52. The molecule has 2 aromatic rings. The van der Waals surface area contributed by atoms with Gasteiger partial charge in [0.2, 0.25) is 0 Å². The summed E-state index contributed by atoms with van der Waals surface area (Å²) in [5.41, 5.74) is 1.28. The van der Waals surface area contributed by atoms with Crippen LogP contribution in [-0.4, -0.2) is 43.7 Å². The van der Waals surface area contributed by atoms with E-state index in [2.05, 4.69) is 15.2 Å². The van der Waals surface area contributed by atoms with E-state index >= 15 is 0 Å². The van der Waals surface area contributed by atoms with Crippen LogP contribution in [0.5, 0.6) is 0 Å². The lowest BCUT2D eigenvalue weighted by Gasteiger charge is -2.26. The molecule has 2 heterocycles. The summed E-state index contributed by atoms with van der Waals surface area (Å²) in [6, 6.07) is 5.17. The highest BCUT2D eigenvalue weighted by Crippen LogP contribution is 2.36. The summed E-state index contributed by atoms with van der Waals surface area (Å²) < 4.78 is 5.19. The van der Waals surface area contributed by atoms with Gasteiger partial charge in [0.25, 0.3) is 0 Å². The Kier molecular flexibility index (Phi) is 5.61. The topological polar surface area (TPSA) is 54.5 Å². The van der Waals surface area contributed by atoms with Crippen molar-refractivity contribution in [3.8, 4) is 11.3 Å². The van der Waals surface area contributed by atoms with Crippen LogP contribution in [0, 0.1) is 0 Å². The van der Waals surface area contributed by atoms with E-state index in [0.29, 0.717) is 32.8 Å². The van der Waals surface area contributed by atoms with Crippen LogP contribution in [0.25, 0.3) is 11.3 Å². The van der Waals surface area contributed by atoms with E-state index in [1.807, 2.05) is 0 Å². The van der Waals surface area contributed by atoms with Crippen molar-refractivity contribution < 1.29 is 9.53 Å². The number of carbonyl (C=O) groups is 1. The maximum atomic E-state index is 12.4. The molecular formula is C16H17Cl2N3O2S. The molecule has 0 amide bonds. The van der Waals surface area contributed by atoms with Crippen molar-refractivity contribution >= 4 is 45.6 Å². The number of carbonyl (C=O) groups excluding carboxylic acids is 1. The Bertz CT molecular complexity index is 725. The first kappa shape index (κ1) is 17.5. The van der Waals surface area contributed by atoms with Crippen molar-refractivity contribution in [2.24, 2.45) is 0 Å². The highest BCUT2D eigenvalue weighted by molar-refractivity contribution is 7.18. The summed E-state index contributed by atoms with van der Waals surface area (Å²) in [6.45, 7) is 5.60. The molecule has 0 bridgehead atoms. The Morgan fingerprint density at radius 3 is 2.58 bits per heavy atom. The first-order valence-electron chi connectivity index (χ1n) is 7.68. The molecule has 24 heavy (non-hydrogen) atoms. The molecule has 5 nitrogen and oxygen atoms in total. The molecule has 0 radical (unpaired) electrons. The molecule has 0 spiro atoms. The van der Waals surface area contributed by atoms with E-state index in [9.17, 15) is 4.79 Å². The van der Waals surface area contributed by atoms with Crippen LogP contribution in [0.3, 0.4) is 0 Å². The van der Waals surface area contributed by atoms with E-state index in [0.717, 1.165) is 31.3 Å². The van der Waals surface area contributed by atoms with E-state index < -0.39 is 0 Å². The van der Waals surface area contributed by atoms with Gasteiger partial charge in [-0.15, -0.1) is 0 Å². The van der Waals surface area contributed by atoms with E-state index in [4.69, 9.17) is 27.9 Å². The normalized spacial score (nSPS) is 14.7. The number of esters is 1. The molecule has 0 saturated carbocycles. The number of hydrogen-bond acceptors (Lipinski definition) is 6. The predicted octanol–water partition coefficient (Wildman–Crippen LogP) is 3.70. The van der Waals surface area contributed by atoms with Crippen molar-refractivity contribution in [2.45, 2.75) is 6.92 Å². The van der Waals surface area contributed by atoms with Gasteiger partial charge in [-0.3, -0.25) is 0 Å². The number of hydrogen-bond donors (Lipinski definition) is 1. The lowest BCUT2D eigenvalue weighted by atomic mass is 10.1. The van der Waals surface area contributed by atoms with Gasteiger partial charge < -0.3 is 15.0 Å². The highest BCUT2D eigenvalue weighted by atomic mass is 35.5. The number of aromatic nitrogens is 1. The maximum absolute atomic E-state index is 12.4. The molecule has 1 aliphatic rings. The van der Waals surface area contributed by atoms with Gasteiger partial charge in [-0.25, -0.2) is 9.78 Å². The lowest BCUT2D eigenvalue weighted by molar-refractivity contribution is 0.0532. The van der Waals surface area contributed by atoms with Gasteiger partial charge in [-0.05, 0) is 25.1 Å². The van der Waals surface area contributed by atoms with E-state index in [1.54, 1.807) is 25.1 Å². The number of nitrogens with zero attached hydrogens (tertiary/aromatic N) is 2. The summed E-state index contributed by atoms with van der Waals surface area (Å²) in [5.74, 6) is -0.373. The number of piperazine rings is 1. The smallest absolute Gasteiger partial charge is 0.350 e. The van der Waals surface area contributed by atoms with Gasteiger partial charge in [0.15, 0.2) is 5.13 Å². The van der Waals surface area contributed by atoms with Crippen LogP contribution in [0.1, 0.15) is 16.6 Å². The number of rotatable bonds is 4. The van der Waals surface area contributed by atoms with E-state index in [1.165, 1.54) is 11.3 Å². The molecule has 0 aliphatic carbocycles. The lowest BCUT2D eigenvalue weighted by Crippen LogP contribution is -2.43. The zero-order chi connectivity index (χ0) is 17.1. The zero-order valence-electron chi connectivity index (χ0n) is 13.1. The van der Waals surface area contributed by atoms with Crippen LogP contribution >= 0.6 is 34.5 Å². The number of thiazole rings is 1. The van der Waals surface area contributed by atoms with E-state index in [-0.39, 0.29) is 5.97 Å². The van der Waals surface area contributed by atoms with Crippen LogP contribution in [-0.2, 0) is 4.74 Å². The van der Waals surface area contributed by atoms with Crippen molar-refractivity contribution in [3.63, 3.8) is 0 Å². The van der Waals surface area contributed by atoms with Gasteiger partial charge in [0.1, 0.15) is 4.88 Å². The molecule has 8 heteroatoms. The second-order valence-corrected chi connectivity index (χ2v) is 7.14. The molecule has 1 aliphatic heterocycles. The molecule has 0 atom stereocenters. The van der Waals surface area contributed by atoms with Crippen LogP contribution in [0.15, 0.2) is 18.2 Å². The van der Waals surface area contributed by atoms with Crippen LogP contribution in [0.2, 0.25) is 10.0 Å². The van der Waals surface area contributed by atoms with Crippen molar-refractivity contribution in [1.82, 2.24) is 10.3 Å². The predicted molar refractivity (Wildman–Crippen MR) is 98.6 cm³/mol. The maximum Gasteiger partial charge on any atom is 0.350 e. The number of ether oxygens (including phenoxy) is 1. The van der Waals surface area contributed by atoms with Gasteiger partial charge in [-0.1, -0.05) is 34.5 Å². The first-order chi connectivity index (χ1) is 11.6. The van der Waals surface area contributed by atoms with Crippen molar-refractivity contribution in [2.75, 3.05) is 37.7 Å². The first-order valence-corrected chi connectivity index (χ1v) is 9.26. The monoisotopic (exact) mass is 385 g/mol. The average Bonchev–Trinajstić information content (AvgIpc) is 3.00. The molecular weight excluding hydrogens is 369 g/mol. The Morgan fingerprint density at radius 1 is 1.29 bits per heavy atom. The second kappa shape index (κ2) is 7.70. The SMILES string of the molecule is CCOC(=O)c1sc(N2CCNCC2)nc1-c1cc(Cl)cc(Cl)c1. The molecule has 3 rings (SSSR count). The highest BCUT2D eigenvalue weighted by Gasteiger charge is 2.24. The molecule has 1 aromatic carbocycles. The molecule has 1 N–H and O–H groups in total. The Balaban J connectivity index is 2.04. The van der Waals surface area contributed by atoms with Crippen LogP contribution < -0.4 is 10.2 Å². The molecule has 1 fully saturated rings. The fourth-order valence-corrected chi connectivity index (χ4v) is 4.08. The quantitative estimate of drug-likeness (QED) is 0.813. The van der Waals surface area contributed by atoms with Crippen molar-refractivity contribution in [3.05, 3.63) is 33.1 Å². The van der Waals surface area contributed by atoms with Gasteiger partial charge in [0, 0.05) is 41.8 Å². The molecule has 1 aromatic heterocycles. The third kappa shape index (κ3) is 3.83. The third-order valence-electron chi connectivity index (χ3n) is 3.60. The third-order valence-corrected chi connectivity index (χ3v) is 5.13. The second-order valence-electron chi connectivity index (χ2n) is 5.29. The minimum Gasteiger partial charge on any atom is -0.462 e. The summed E-state index contributed by atoms with van der Waals surface area (Å²) in [5, 5.41) is 5.12. The standard InChI is InChI=1S/C16H17Cl2N3O2S/c1-2-23-15(22)14-13(10-7-11(17)9-12(18)8-10)20-16(24-14)21-5-3-19-4-6-21/h7-9,19H,2-6H2,1H3. The summed E-state index contributed by atoms with van der Waals surface area (Å²) in [4.78, 5) is 19.7. The number of anilines is 1. The molecule has 0 unspecified atom stereocenters. The average molecular weight is 386 g/mol. The minimum atomic E-state index is -0.373. The molecule has 1 saturated heterocycles. The Labute approximate surface area is 154 Å².